The molecule has 0 saturated carbocycles. The average molecular weight is 306 g/mol. The van der Waals surface area contributed by atoms with Gasteiger partial charge in [-0.3, -0.25) is 14.5 Å². The summed E-state index contributed by atoms with van der Waals surface area (Å²) in [5.41, 5.74) is 1.20. The van der Waals surface area contributed by atoms with Gasteiger partial charge in [0.25, 0.3) is 5.91 Å². The van der Waals surface area contributed by atoms with Crippen molar-refractivity contribution in [2.75, 3.05) is 19.7 Å². The van der Waals surface area contributed by atoms with E-state index in [1.54, 1.807) is 12.5 Å². The van der Waals surface area contributed by atoms with Gasteiger partial charge >= 0.3 is 0 Å². The molecule has 0 aliphatic carbocycles. The lowest BCUT2D eigenvalue weighted by molar-refractivity contribution is -0.189. The molecule has 1 amide bonds. The number of nitrogens with zero attached hydrogens (tertiary/aromatic N) is 2. The number of hydroxylamine groups is 2. The van der Waals surface area contributed by atoms with Crippen LogP contribution in [0.5, 0.6) is 0 Å². The maximum Gasteiger partial charge on any atom is 0.275 e. The van der Waals surface area contributed by atoms with Gasteiger partial charge in [0, 0.05) is 24.7 Å². The van der Waals surface area contributed by atoms with Crippen LogP contribution in [0.4, 0.5) is 0 Å². The molecular formula is C16H22N2O4. The van der Waals surface area contributed by atoms with Crippen LogP contribution in [0.25, 0.3) is 0 Å². The number of hydrogen-bond acceptors (Lipinski definition) is 5. The highest BCUT2D eigenvalue weighted by molar-refractivity contribution is 5.80. The van der Waals surface area contributed by atoms with Crippen molar-refractivity contribution in [1.82, 2.24) is 9.96 Å². The second-order valence-electron chi connectivity index (χ2n) is 6.33. The van der Waals surface area contributed by atoms with Crippen molar-refractivity contribution >= 4 is 5.91 Å². The molecule has 0 N–H and O–H groups in total. The van der Waals surface area contributed by atoms with Gasteiger partial charge in [-0.05, 0) is 31.7 Å². The molecule has 3 aliphatic heterocycles. The number of carbonyl (C=O) groups excluding carboxylic acids is 1. The Kier molecular flexibility index (Phi) is 3.90. The first kappa shape index (κ1) is 14.2. The summed E-state index contributed by atoms with van der Waals surface area (Å²) < 4.78 is 11.2. The van der Waals surface area contributed by atoms with E-state index in [9.17, 15) is 4.79 Å². The second-order valence-corrected chi connectivity index (χ2v) is 6.33. The first-order valence-corrected chi connectivity index (χ1v) is 8.16. The van der Waals surface area contributed by atoms with E-state index < -0.39 is 0 Å². The minimum absolute atomic E-state index is 0.00392. The van der Waals surface area contributed by atoms with Gasteiger partial charge in [0.2, 0.25) is 0 Å². The lowest BCUT2D eigenvalue weighted by Crippen LogP contribution is -2.48. The lowest BCUT2D eigenvalue weighted by atomic mass is 9.98. The van der Waals surface area contributed by atoms with Crippen LogP contribution in [0, 0.1) is 0 Å². The van der Waals surface area contributed by atoms with Crippen molar-refractivity contribution in [2.24, 2.45) is 0 Å². The number of fused-ring (bicyclic) bond motifs is 1. The van der Waals surface area contributed by atoms with E-state index >= 15 is 0 Å². The number of carbonyl (C=O) groups is 1. The Morgan fingerprint density at radius 2 is 2.23 bits per heavy atom. The highest BCUT2D eigenvalue weighted by Gasteiger charge is 2.43. The molecule has 0 unspecified atom stereocenters. The fraction of sp³-hybridized carbons (Fsp3) is 0.688. The zero-order chi connectivity index (χ0) is 14.9. The van der Waals surface area contributed by atoms with E-state index in [1.807, 2.05) is 6.07 Å². The Labute approximate surface area is 129 Å². The van der Waals surface area contributed by atoms with Crippen molar-refractivity contribution in [3.05, 3.63) is 24.2 Å². The second kappa shape index (κ2) is 6.02. The van der Waals surface area contributed by atoms with E-state index in [2.05, 4.69) is 4.90 Å². The Morgan fingerprint density at radius 3 is 3.00 bits per heavy atom. The van der Waals surface area contributed by atoms with Crippen LogP contribution in [0.1, 0.15) is 31.2 Å². The molecule has 1 aromatic heterocycles. The molecule has 3 saturated heterocycles. The third-order valence-corrected chi connectivity index (χ3v) is 4.90. The number of ether oxygens (including phenoxy) is 1. The summed E-state index contributed by atoms with van der Waals surface area (Å²) in [6.45, 7) is 3.25. The van der Waals surface area contributed by atoms with Gasteiger partial charge in [0.1, 0.15) is 6.10 Å². The Balaban J connectivity index is 1.36. The van der Waals surface area contributed by atoms with Gasteiger partial charge in [0.15, 0.2) is 0 Å². The molecule has 6 heteroatoms. The molecule has 0 bridgehead atoms. The zero-order valence-electron chi connectivity index (χ0n) is 12.6. The SMILES string of the molecule is O=C([C@H]1CC[C@@H]2[C@@H](CCN2Cc2ccoc2)O1)N1CCCO1. The third kappa shape index (κ3) is 2.66. The summed E-state index contributed by atoms with van der Waals surface area (Å²) in [4.78, 5) is 20.2. The van der Waals surface area contributed by atoms with Crippen LogP contribution < -0.4 is 0 Å². The van der Waals surface area contributed by atoms with E-state index in [4.69, 9.17) is 14.0 Å². The molecule has 3 fully saturated rings. The molecule has 4 heterocycles. The molecule has 1 aromatic rings. The van der Waals surface area contributed by atoms with Crippen molar-refractivity contribution in [1.29, 1.82) is 0 Å². The van der Waals surface area contributed by atoms with E-state index in [-0.39, 0.29) is 18.1 Å². The van der Waals surface area contributed by atoms with Gasteiger partial charge in [-0.25, -0.2) is 5.06 Å². The van der Waals surface area contributed by atoms with Crippen molar-refractivity contribution < 1.29 is 18.8 Å². The predicted octanol–water partition coefficient (Wildman–Crippen LogP) is 1.57. The summed E-state index contributed by atoms with van der Waals surface area (Å²) in [5, 5.41) is 1.49. The molecule has 3 aliphatic rings. The Hall–Kier alpha value is -1.37. The van der Waals surface area contributed by atoms with Gasteiger partial charge in [-0.1, -0.05) is 0 Å². The Bertz CT molecular complexity index is 512. The molecule has 120 valence electrons. The highest BCUT2D eigenvalue weighted by Crippen LogP contribution is 2.33. The maximum absolute atomic E-state index is 12.4. The first-order valence-electron chi connectivity index (χ1n) is 8.16. The van der Waals surface area contributed by atoms with E-state index in [0.717, 1.165) is 38.8 Å². The van der Waals surface area contributed by atoms with Crippen molar-refractivity contribution in [3.63, 3.8) is 0 Å². The summed E-state index contributed by atoms with van der Waals surface area (Å²) >= 11 is 0. The van der Waals surface area contributed by atoms with Crippen LogP contribution >= 0.6 is 0 Å². The van der Waals surface area contributed by atoms with E-state index in [0.29, 0.717) is 19.2 Å². The molecule has 3 atom stereocenters. The van der Waals surface area contributed by atoms with Crippen LogP contribution in [-0.4, -0.2) is 53.8 Å². The fourth-order valence-corrected chi connectivity index (χ4v) is 3.79. The molecular weight excluding hydrogens is 284 g/mol. The van der Waals surface area contributed by atoms with Crippen LogP contribution in [0.2, 0.25) is 0 Å². The van der Waals surface area contributed by atoms with Crippen molar-refractivity contribution in [2.45, 2.75) is 50.5 Å². The monoisotopic (exact) mass is 306 g/mol. The van der Waals surface area contributed by atoms with Gasteiger partial charge < -0.3 is 9.15 Å². The number of hydrogen-bond donors (Lipinski definition) is 0. The number of furan rings is 1. The maximum atomic E-state index is 12.4. The zero-order valence-corrected chi connectivity index (χ0v) is 12.6. The Morgan fingerprint density at radius 1 is 1.27 bits per heavy atom. The lowest BCUT2D eigenvalue weighted by Gasteiger charge is -2.36. The van der Waals surface area contributed by atoms with Crippen LogP contribution in [-0.2, 0) is 20.9 Å². The minimum atomic E-state index is -0.326. The molecule has 4 rings (SSSR count). The van der Waals surface area contributed by atoms with Crippen LogP contribution in [0.15, 0.2) is 23.0 Å². The van der Waals surface area contributed by atoms with E-state index in [1.165, 1.54) is 10.6 Å². The summed E-state index contributed by atoms with van der Waals surface area (Å²) in [6.07, 6.45) is 7.05. The number of rotatable bonds is 3. The molecule has 0 radical (unpaired) electrons. The summed E-state index contributed by atoms with van der Waals surface area (Å²) in [7, 11) is 0. The minimum Gasteiger partial charge on any atom is -0.472 e. The number of amides is 1. The molecule has 22 heavy (non-hydrogen) atoms. The van der Waals surface area contributed by atoms with Crippen molar-refractivity contribution in [3.8, 4) is 0 Å². The smallest absolute Gasteiger partial charge is 0.275 e. The van der Waals surface area contributed by atoms with Crippen LogP contribution in [0.3, 0.4) is 0 Å². The van der Waals surface area contributed by atoms with Gasteiger partial charge in [0.05, 0.1) is 31.8 Å². The third-order valence-electron chi connectivity index (χ3n) is 4.90. The van der Waals surface area contributed by atoms with Gasteiger partial charge in [-0.2, -0.15) is 0 Å². The largest absolute Gasteiger partial charge is 0.472 e. The first-order chi connectivity index (χ1) is 10.8. The normalized spacial score (nSPS) is 32.4. The topological polar surface area (TPSA) is 55.2 Å². The molecule has 0 spiro atoms. The summed E-state index contributed by atoms with van der Waals surface area (Å²) in [6, 6.07) is 2.42. The highest BCUT2D eigenvalue weighted by atomic mass is 16.7. The molecule has 6 nitrogen and oxygen atoms in total. The summed E-state index contributed by atoms with van der Waals surface area (Å²) in [5.74, 6) is 0.00392. The number of likely N-dealkylation sites (tertiary alicyclic amines) is 1. The predicted molar refractivity (Wildman–Crippen MR) is 77.7 cm³/mol. The molecule has 0 aromatic carbocycles. The quantitative estimate of drug-likeness (QED) is 0.848. The average Bonchev–Trinajstić information content (AvgIpc) is 3.29. The van der Waals surface area contributed by atoms with Gasteiger partial charge in [-0.15, -0.1) is 0 Å². The standard InChI is InChI=1S/C16H22N2O4/c19-16(18-6-1-8-21-18)15-3-2-13-14(22-15)4-7-17(13)10-12-5-9-20-11-12/h5,9,11,13-15H,1-4,6-8,10H2/t13-,14-,15-/m1/s1. The fourth-order valence-electron chi connectivity index (χ4n) is 3.79.